The topological polar surface area (TPSA) is 26.0 Å². The fourth-order valence-electron chi connectivity index (χ4n) is 0.211. The molecule has 0 unspecified atom stereocenters. The molecule has 0 spiro atoms. The number of nitrogens with zero attached hydrogens (tertiary/aromatic N) is 1. The maximum atomic E-state index is 4.50. The predicted molar refractivity (Wildman–Crippen MR) is 31.9 cm³/mol. The summed E-state index contributed by atoms with van der Waals surface area (Å²) < 4.78 is 6.04. The summed E-state index contributed by atoms with van der Waals surface area (Å²) in [6.07, 6.45) is 1.50. The Hall–Kier alpha value is 0.170. The van der Waals surface area contributed by atoms with Gasteiger partial charge in [0, 0.05) is 0 Å². The van der Waals surface area contributed by atoms with Crippen molar-refractivity contribution in [2.75, 3.05) is 0 Å². The van der Waals surface area contributed by atoms with E-state index in [1.807, 2.05) is 0 Å². The molecule has 0 aromatic carbocycles. The lowest BCUT2D eigenvalue weighted by Crippen LogP contribution is -1.55. The number of hydrogen-bond donors (Lipinski definition) is 0. The molecule has 1 rings (SSSR count). The van der Waals surface area contributed by atoms with Gasteiger partial charge in [-0.2, -0.15) is 0 Å². The zero-order chi connectivity index (χ0) is 5.28. The van der Waals surface area contributed by atoms with Crippen molar-refractivity contribution in [3.63, 3.8) is 0 Å². The third kappa shape index (κ3) is 1.04. The normalized spacial score (nSPS) is 9.43. The molecule has 0 saturated heterocycles. The summed E-state index contributed by atoms with van der Waals surface area (Å²) in [7, 11) is 0. The molecule has 0 amide bonds. The maximum Gasteiger partial charge on any atom is 0.163 e. The second-order valence-corrected chi connectivity index (χ2v) is 2.56. The fraction of sp³-hybridized carbons (Fsp3) is 0. The Morgan fingerprint density at radius 2 is 2.29 bits per heavy atom. The molecule has 1 aromatic heterocycles. The van der Waals surface area contributed by atoms with Crippen molar-refractivity contribution in [2.24, 2.45) is 0 Å². The lowest BCUT2D eigenvalue weighted by molar-refractivity contribution is 0.415. The molecule has 38 valence electrons. The molecule has 0 aliphatic carbocycles. The van der Waals surface area contributed by atoms with Crippen LogP contribution in [0.2, 0.25) is 0 Å². The molecule has 1 heterocycles. The Kier molecular flexibility index (Phi) is 1.49. The zero-order valence-electron chi connectivity index (χ0n) is 3.19. The zero-order valence-corrected chi connectivity index (χ0v) is 6.36. The van der Waals surface area contributed by atoms with E-state index in [-0.39, 0.29) is 0 Å². The van der Waals surface area contributed by atoms with Crippen LogP contribution in [0.3, 0.4) is 0 Å². The van der Waals surface area contributed by atoms with Crippen molar-refractivity contribution in [1.82, 2.24) is 5.16 Å². The molecule has 4 heteroatoms. The second kappa shape index (κ2) is 1.96. The minimum absolute atomic E-state index is 0.701. The quantitative estimate of drug-likeness (QED) is 0.678. The van der Waals surface area contributed by atoms with Crippen LogP contribution in [0.1, 0.15) is 0 Å². The van der Waals surface area contributed by atoms with Crippen molar-refractivity contribution >= 4 is 31.9 Å². The van der Waals surface area contributed by atoms with Crippen LogP contribution in [0, 0.1) is 0 Å². The first-order valence-corrected chi connectivity index (χ1v) is 3.14. The van der Waals surface area contributed by atoms with E-state index in [4.69, 9.17) is 0 Å². The van der Waals surface area contributed by atoms with Crippen molar-refractivity contribution in [3.05, 3.63) is 15.3 Å². The van der Waals surface area contributed by atoms with Gasteiger partial charge in [-0.05, 0) is 31.9 Å². The Morgan fingerprint density at radius 1 is 1.57 bits per heavy atom. The number of hydrogen-bond acceptors (Lipinski definition) is 2. The molecule has 7 heavy (non-hydrogen) atoms. The predicted octanol–water partition coefficient (Wildman–Crippen LogP) is 2.20. The van der Waals surface area contributed by atoms with Crippen LogP contribution >= 0.6 is 31.9 Å². The molecule has 0 bridgehead atoms. The SMILES string of the molecule is Brc1conc1Br. The molecule has 0 N–H and O–H groups in total. The van der Waals surface area contributed by atoms with Crippen LogP contribution < -0.4 is 0 Å². The first-order chi connectivity index (χ1) is 3.30. The van der Waals surface area contributed by atoms with Crippen molar-refractivity contribution in [2.45, 2.75) is 0 Å². The maximum absolute atomic E-state index is 4.50. The largest absolute Gasteiger partial charge is 0.362 e. The van der Waals surface area contributed by atoms with Crippen LogP contribution in [0.15, 0.2) is 19.9 Å². The Morgan fingerprint density at radius 3 is 2.43 bits per heavy atom. The Bertz CT molecular complexity index is 145. The highest BCUT2D eigenvalue weighted by molar-refractivity contribution is 9.13. The van der Waals surface area contributed by atoms with Gasteiger partial charge in [0.05, 0.1) is 4.47 Å². The van der Waals surface area contributed by atoms with Crippen LogP contribution in [0.4, 0.5) is 0 Å². The van der Waals surface area contributed by atoms with Crippen LogP contribution in [0.25, 0.3) is 0 Å². The molecule has 0 fully saturated rings. The highest BCUT2D eigenvalue weighted by Gasteiger charge is 1.95. The molecule has 2 nitrogen and oxygen atoms in total. The molecule has 0 aliphatic rings. The molecule has 0 radical (unpaired) electrons. The molecule has 0 saturated carbocycles. The highest BCUT2D eigenvalue weighted by Crippen LogP contribution is 2.19. The van der Waals surface area contributed by atoms with Gasteiger partial charge in [0.1, 0.15) is 6.26 Å². The number of halogens is 2. The molecular formula is C3HBr2NO. The van der Waals surface area contributed by atoms with Gasteiger partial charge in [-0.1, -0.05) is 5.16 Å². The van der Waals surface area contributed by atoms with Crippen LogP contribution in [-0.2, 0) is 0 Å². The van der Waals surface area contributed by atoms with E-state index in [9.17, 15) is 0 Å². The van der Waals surface area contributed by atoms with E-state index >= 15 is 0 Å². The first kappa shape index (κ1) is 5.31. The minimum atomic E-state index is 0.701. The summed E-state index contributed by atoms with van der Waals surface area (Å²) in [6, 6.07) is 0. The fourth-order valence-corrected chi connectivity index (χ4v) is 0.544. The minimum Gasteiger partial charge on any atom is -0.362 e. The molecule has 0 aliphatic heterocycles. The number of rotatable bonds is 0. The van der Waals surface area contributed by atoms with E-state index in [1.165, 1.54) is 6.26 Å². The van der Waals surface area contributed by atoms with Crippen LogP contribution in [0.5, 0.6) is 0 Å². The lowest BCUT2D eigenvalue weighted by Gasteiger charge is -1.69. The highest BCUT2D eigenvalue weighted by atomic mass is 79.9. The molecular weight excluding hydrogens is 226 g/mol. The van der Waals surface area contributed by atoms with E-state index in [0.29, 0.717) is 4.60 Å². The summed E-state index contributed by atoms with van der Waals surface area (Å²) >= 11 is 6.28. The summed E-state index contributed by atoms with van der Waals surface area (Å²) in [5.41, 5.74) is 0. The van der Waals surface area contributed by atoms with Gasteiger partial charge in [-0.25, -0.2) is 0 Å². The second-order valence-electron chi connectivity index (χ2n) is 0.953. The summed E-state index contributed by atoms with van der Waals surface area (Å²) in [5, 5.41) is 3.51. The third-order valence-corrected chi connectivity index (χ3v) is 2.15. The van der Waals surface area contributed by atoms with E-state index < -0.39 is 0 Å². The van der Waals surface area contributed by atoms with Gasteiger partial charge in [0.2, 0.25) is 0 Å². The van der Waals surface area contributed by atoms with Gasteiger partial charge >= 0.3 is 0 Å². The average Bonchev–Trinajstić information content (AvgIpc) is 1.91. The smallest absolute Gasteiger partial charge is 0.163 e. The van der Waals surface area contributed by atoms with Gasteiger partial charge in [-0.15, -0.1) is 0 Å². The van der Waals surface area contributed by atoms with Gasteiger partial charge in [0.15, 0.2) is 4.60 Å². The third-order valence-electron chi connectivity index (χ3n) is 0.486. The van der Waals surface area contributed by atoms with E-state index in [0.717, 1.165) is 4.47 Å². The Balaban J connectivity index is 3.12. The van der Waals surface area contributed by atoms with Crippen molar-refractivity contribution in [1.29, 1.82) is 0 Å². The van der Waals surface area contributed by atoms with Gasteiger partial charge in [-0.3, -0.25) is 0 Å². The van der Waals surface area contributed by atoms with Gasteiger partial charge in [0.25, 0.3) is 0 Å². The summed E-state index contributed by atoms with van der Waals surface area (Å²) in [6.45, 7) is 0. The standard InChI is InChI=1S/C3HBr2NO/c4-2-1-7-6-3(2)5/h1H. The summed E-state index contributed by atoms with van der Waals surface area (Å²) in [4.78, 5) is 0. The lowest BCUT2D eigenvalue weighted by atomic mass is 10.8. The number of aromatic nitrogens is 1. The first-order valence-electron chi connectivity index (χ1n) is 1.56. The molecule has 0 atom stereocenters. The molecule has 1 aromatic rings. The average molecular weight is 227 g/mol. The van der Waals surface area contributed by atoms with Gasteiger partial charge < -0.3 is 4.52 Å². The Labute approximate surface area is 57.1 Å². The van der Waals surface area contributed by atoms with Crippen LogP contribution in [-0.4, -0.2) is 5.16 Å². The van der Waals surface area contributed by atoms with E-state index in [2.05, 4.69) is 41.5 Å². The monoisotopic (exact) mass is 225 g/mol. The van der Waals surface area contributed by atoms with E-state index in [1.54, 1.807) is 0 Å². The van der Waals surface area contributed by atoms with Crippen molar-refractivity contribution in [3.8, 4) is 0 Å². The van der Waals surface area contributed by atoms with Crippen molar-refractivity contribution < 1.29 is 4.52 Å². The summed E-state index contributed by atoms with van der Waals surface area (Å²) in [5.74, 6) is 0.